The number of H-pyrrole nitrogens is 1. The number of amides is 1. The van der Waals surface area contributed by atoms with Crippen LogP contribution in [0.4, 0.5) is 0 Å². The maximum atomic E-state index is 12.3. The van der Waals surface area contributed by atoms with E-state index in [0.29, 0.717) is 29.4 Å². The zero-order valence-electron chi connectivity index (χ0n) is 17.6. The lowest BCUT2D eigenvalue weighted by molar-refractivity contribution is 0.0958. The van der Waals surface area contributed by atoms with Crippen LogP contribution in [0.3, 0.4) is 0 Å². The first kappa shape index (κ1) is 21.0. The van der Waals surface area contributed by atoms with Crippen molar-refractivity contribution < 1.29 is 9.53 Å². The van der Waals surface area contributed by atoms with Gasteiger partial charge in [0.2, 0.25) is 0 Å². The molecule has 3 aromatic rings. The van der Waals surface area contributed by atoms with E-state index in [2.05, 4.69) is 25.2 Å². The highest BCUT2D eigenvalue weighted by molar-refractivity contribution is 5.91. The number of carbonyl (C=O) groups excluding carboxylic acids is 1. The molecule has 1 aliphatic heterocycles. The van der Waals surface area contributed by atoms with E-state index in [0.717, 1.165) is 50.2 Å². The van der Waals surface area contributed by atoms with E-state index in [-0.39, 0.29) is 11.5 Å². The highest BCUT2D eigenvalue weighted by atomic mass is 16.5. The molecule has 0 radical (unpaired) electrons. The molecule has 1 aliphatic rings. The van der Waals surface area contributed by atoms with Gasteiger partial charge in [0.05, 0.1) is 17.1 Å². The lowest BCUT2D eigenvalue weighted by Gasteiger charge is -2.32. The fraction of sp³-hybridized carbons (Fsp3) is 0.391. The summed E-state index contributed by atoms with van der Waals surface area (Å²) in [5.41, 5.74) is 1.05. The molecule has 1 fully saturated rings. The van der Waals surface area contributed by atoms with E-state index in [1.54, 1.807) is 31.4 Å². The van der Waals surface area contributed by atoms with E-state index < -0.39 is 0 Å². The van der Waals surface area contributed by atoms with Crippen LogP contribution in [0.25, 0.3) is 10.9 Å². The molecule has 2 aromatic heterocycles. The van der Waals surface area contributed by atoms with Gasteiger partial charge in [-0.15, -0.1) is 0 Å². The number of para-hydroxylation sites is 1. The number of nitrogens with one attached hydrogen (secondary N) is 2. The van der Waals surface area contributed by atoms with Crippen molar-refractivity contribution in [2.45, 2.75) is 19.3 Å². The number of rotatable bonds is 7. The van der Waals surface area contributed by atoms with Crippen LogP contribution in [0, 0.1) is 5.92 Å². The normalized spacial score (nSPS) is 16.9. The molecule has 1 atom stereocenters. The van der Waals surface area contributed by atoms with Gasteiger partial charge in [-0.3, -0.25) is 14.5 Å². The Kier molecular flexibility index (Phi) is 6.57. The summed E-state index contributed by atoms with van der Waals surface area (Å²) < 4.78 is 5.80. The van der Waals surface area contributed by atoms with Crippen molar-refractivity contribution in [2.75, 3.05) is 33.3 Å². The second-order valence-electron chi connectivity index (χ2n) is 7.85. The highest BCUT2D eigenvalue weighted by Gasteiger charge is 2.21. The molecule has 0 spiro atoms. The number of nitrogens with zero attached hydrogens (tertiary/aromatic N) is 3. The monoisotopic (exact) mass is 421 g/mol. The Labute approximate surface area is 180 Å². The molecule has 0 bridgehead atoms. The number of hydrogen-bond acceptors (Lipinski definition) is 6. The molecule has 3 heterocycles. The molecule has 1 aromatic carbocycles. The van der Waals surface area contributed by atoms with Crippen molar-refractivity contribution in [3.05, 3.63) is 64.5 Å². The van der Waals surface area contributed by atoms with E-state index >= 15 is 0 Å². The average Bonchev–Trinajstić information content (AvgIpc) is 2.79. The number of hydrogen-bond donors (Lipinski definition) is 2. The number of aromatic amines is 1. The number of benzene rings is 1. The molecule has 1 saturated heterocycles. The average molecular weight is 422 g/mol. The molecule has 0 unspecified atom stereocenters. The van der Waals surface area contributed by atoms with Gasteiger partial charge in [0.25, 0.3) is 11.5 Å². The molecule has 0 saturated carbocycles. The van der Waals surface area contributed by atoms with Crippen molar-refractivity contribution in [3.63, 3.8) is 0 Å². The molecular weight excluding hydrogens is 394 g/mol. The summed E-state index contributed by atoms with van der Waals surface area (Å²) in [6.45, 7) is 3.36. The van der Waals surface area contributed by atoms with Gasteiger partial charge in [-0.1, -0.05) is 12.1 Å². The van der Waals surface area contributed by atoms with Gasteiger partial charge in [0.1, 0.15) is 23.9 Å². The zero-order chi connectivity index (χ0) is 21.6. The molecule has 2 N–H and O–H groups in total. The summed E-state index contributed by atoms with van der Waals surface area (Å²) in [6.07, 6.45) is 4.58. The number of fused-ring (bicyclic) bond motifs is 1. The predicted octanol–water partition coefficient (Wildman–Crippen LogP) is 2.01. The zero-order valence-corrected chi connectivity index (χ0v) is 17.6. The van der Waals surface area contributed by atoms with Crippen LogP contribution in [-0.4, -0.2) is 59.0 Å². The van der Waals surface area contributed by atoms with Crippen LogP contribution in [0.15, 0.2) is 47.4 Å². The quantitative estimate of drug-likeness (QED) is 0.605. The second kappa shape index (κ2) is 9.70. The van der Waals surface area contributed by atoms with E-state index in [4.69, 9.17) is 4.74 Å². The Morgan fingerprint density at radius 3 is 2.97 bits per heavy atom. The third kappa shape index (κ3) is 5.27. The molecular formula is C23H27N5O3. The van der Waals surface area contributed by atoms with Crippen LogP contribution in [0.1, 0.15) is 29.2 Å². The van der Waals surface area contributed by atoms with Gasteiger partial charge in [0, 0.05) is 26.6 Å². The number of likely N-dealkylation sites (tertiary alicyclic amines) is 1. The predicted molar refractivity (Wildman–Crippen MR) is 118 cm³/mol. The molecule has 8 nitrogen and oxygen atoms in total. The van der Waals surface area contributed by atoms with Gasteiger partial charge in [-0.25, -0.2) is 9.97 Å². The number of aromatic nitrogens is 3. The van der Waals surface area contributed by atoms with Crippen molar-refractivity contribution in [3.8, 4) is 5.75 Å². The Bertz CT molecular complexity index is 1100. The van der Waals surface area contributed by atoms with Gasteiger partial charge < -0.3 is 15.0 Å². The summed E-state index contributed by atoms with van der Waals surface area (Å²) >= 11 is 0. The molecule has 31 heavy (non-hydrogen) atoms. The summed E-state index contributed by atoms with van der Waals surface area (Å²) in [5, 5.41) is 3.18. The fourth-order valence-corrected chi connectivity index (χ4v) is 4.05. The van der Waals surface area contributed by atoms with E-state index in [9.17, 15) is 9.59 Å². The van der Waals surface area contributed by atoms with Crippen LogP contribution < -0.4 is 15.6 Å². The van der Waals surface area contributed by atoms with Gasteiger partial charge in [-0.2, -0.15) is 0 Å². The minimum Gasteiger partial charge on any atom is -0.491 e. The number of carbonyl (C=O) groups is 1. The van der Waals surface area contributed by atoms with Crippen LogP contribution in [0.2, 0.25) is 0 Å². The summed E-state index contributed by atoms with van der Waals surface area (Å²) in [7, 11) is 1.58. The van der Waals surface area contributed by atoms with Crippen molar-refractivity contribution in [1.82, 2.24) is 25.2 Å². The van der Waals surface area contributed by atoms with Crippen molar-refractivity contribution >= 4 is 16.8 Å². The molecule has 4 rings (SSSR count). The van der Waals surface area contributed by atoms with E-state index in [1.807, 2.05) is 18.2 Å². The second-order valence-corrected chi connectivity index (χ2v) is 7.85. The van der Waals surface area contributed by atoms with Crippen LogP contribution in [0.5, 0.6) is 5.75 Å². The Morgan fingerprint density at radius 2 is 2.16 bits per heavy atom. The largest absolute Gasteiger partial charge is 0.491 e. The first-order chi connectivity index (χ1) is 15.1. The summed E-state index contributed by atoms with van der Waals surface area (Å²) in [5.74, 6) is 1.65. The molecule has 0 aliphatic carbocycles. The minimum absolute atomic E-state index is 0.0716. The number of piperidine rings is 1. The number of ether oxygens (including phenoxy) is 1. The smallest absolute Gasteiger partial charge is 0.269 e. The van der Waals surface area contributed by atoms with Crippen molar-refractivity contribution in [2.24, 2.45) is 5.92 Å². The first-order valence-corrected chi connectivity index (χ1v) is 10.6. The Balaban J connectivity index is 1.29. The molecule has 8 heteroatoms. The van der Waals surface area contributed by atoms with E-state index in [1.165, 1.54) is 0 Å². The van der Waals surface area contributed by atoms with Crippen molar-refractivity contribution in [1.29, 1.82) is 0 Å². The lowest BCUT2D eigenvalue weighted by atomic mass is 9.94. The van der Waals surface area contributed by atoms with Crippen LogP contribution in [-0.2, 0) is 6.42 Å². The van der Waals surface area contributed by atoms with Crippen LogP contribution >= 0.6 is 0 Å². The maximum Gasteiger partial charge on any atom is 0.269 e. The first-order valence-electron chi connectivity index (χ1n) is 10.6. The third-order valence-corrected chi connectivity index (χ3v) is 5.62. The topological polar surface area (TPSA) is 100 Å². The lowest BCUT2D eigenvalue weighted by Crippen LogP contribution is -2.39. The summed E-state index contributed by atoms with van der Waals surface area (Å²) in [6, 6.07) is 10.9. The highest BCUT2D eigenvalue weighted by Crippen LogP contribution is 2.20. The van der Waals surface area contributed by atoms with Gasteiger partial charge >= 0.3 is 0 Å². The molecule has 162 valence electrons. The SMILES string of the molecule is CNC(=O)c1ccc(OCCN2CCC[C@@H](Cc3nc4ccccc4c(=O)[nH]3)C2)cn1. The maximum absolute atomic E-state index is 12.3. The fourth-order valence-electron chi connectivity index (χ4n) is 4.05. The third-order valence-electron chi connectivity index (χ3n) is 5.62. The standard InChI is InChI=1S/C23H27N5O3/c1-24-23(30)20-9-8-17(14-25-20)31-12-11-28-10-4-5-16(15-28)13-21-26-19-7-3-2-6-18(19)22(29)27-21/h2-3,6-9,14,16H,4-5,10-13,15H2,1H3,(H,24,30)(H,26,27,29)/t16-/m0/s1. The molecule has 1 amide bonds. The van der Waals surface area contributed by atoms with Gasteiger partial charge in [0.15, 0.2) is 0 Å². The number of pyridine rings is 1. The Morgan fingerprint density at radius 1 is 1.29 bits per heavy atom. The van der Waals surface area contributed by atoms with Gasteiger partial charge in [-0.05, 0) is 49.6 Å². The minimum atomic E-state index is -0.215. The Hall–Kier alpha value is -3.26. The summed E-state index contributed by atoms with van der Waals surface area (Å²) in [4.78, 5) is 38.0.